The van der Waals surface area contributed by atoms with Gasteiger partial charge in [0.2, 0.25) is 0 Å². The highest BCUT2D eigenvalue weighted by Crippen LogP contribution is 2.34. The van der Waals surface area contributed by atoms with Crippen LogP contribution in [0.4, 0.5) is 11.4 Å². The molecule has 1 fully saturated rings. The molecule has 0 aromatic heterocycles. The molecular weight excluding hydrogens is 260 g/mol. The van der Waals surface area contributed by atoms with Gasteiger partial charge in [-0.2, -0.15) is 0 Å². The van der Waals surface area contributed by atoms with E-state index in [1.54, 1.807) is 0 Å². The molecule has 0 unspecified atom stereocenters. The molecule has 0 saturated heterocycles. The van der Waals surface area contributed by atoms with E-state index in [9.17, 15) is 14.9 Å². The van der Waals surface area contributed by atoms with Crippen LogP contribution in [0, 0.1) is 16.0 Å². The first-order valence-electron chi connectivity index (χ1n) is 5.44. The number of carbonyl (C=O) groups is 1. The Hall–Kier alpha value is -1.82. The van der Waals surface area contributed by atoms with Crippen molar-refractivity contribution in [3.05, 3.63) is 32.8 Å². The van der Waals surface area contributed by atoms with Gasteiger partial charge in [0, 0.05) is 18.7 Å². The van der Waals surface area contributed by atoms with Crippen LogP contribution in [0.2, 0.25) is 5.02 Å². The molecule has 1 aromatic carbocycles. The highest BCUT2D eigenvalue weighted by Gasteiger charge is 2.24. The topological polar surface area (TPSA) is 92.5 Å². The Morgan fingerprint density at radius 1 is 1.56 bits per heavy atom. The van der Waals surface area contributed by atoms with Crippen molar-refractivity contribution in [1.29, 1.82) is 0 Å². The van der Waals surface area contributed by atoms with E-state index >= 15 is 0 Å². The Morgan fingerprint density at radius 2 is 2.22 bits per heavy atom. The molecule has 2 N–H and O–H groups in total. The fourth-order valence-corrected chi connectivity index (χ4v) is 1.89. The van der Waals surface area contributed by atoms with Gasteiger partial charge in [0.25, 0.3) is 5.69 Å². The molecule has 1 saturated carbocycles. The smallest absolute Gasteiger partial charge is 0.338 e. The molecule has 0 aliphatic heterocycles. The standard InChI is InChI=1S/C11H11ClN2O4/c12-9-4-7(14(17)18)3-8(11(15)16)10(9)13-5-6-1-2-6/h3-4,6,13H,1-2,5H2,(H,15,16). The van der Waals surface area contributed by atoms with Gasteiger partial charge in [-0.05, 0) is 18.8 Å². The van der Waals surface area contributed by atoms with E-state index in [4.69, 9.17) is 16.7 Å². The molecular formula is C11H11ClN2O4. The van der Waals surface area contributed by atoms with E-state index in [1.807, 2.05) is 0 Å². The predicted molar refractivity (Wildman–Crippen MR) is 66.3 cm³/mol. The van der Waals surface area contributed by atoms with E-state index in [0.717, 1.165) is 25.0 Å². The Balaban J connectivity index is 2.35. The summed E-state index contributed by atoms with van der Waals surface area (Å²) in [6.07, 6.45) is 2.22. The summed E-state index contributed by atoms with van der Waals surface area (Å²) in [5.41, 5.74) is -0.245. The van der Waals surface area contributed by atoms with E-state index in [1.165, 1.54) is 0 Å². The Bertz CT molecular complexity index is 514. The van der Waals surface area contributed by atoms with Crippen molar-refractivity contribution in [3.8, 4) is 0 Å². The first kappa shape index (κ1) is 12.6. The molecule has 1 aliphatic carbocycles. The van der Waals surface area contributed by atoms with Crippen LogP contribution >= 0.6 is 11.6 Å². The summed E-state index contributed by atoms with van der Waals surface area (Å²) in [5.74, 6) is -0.697. The number of nitro benzene ring substituents is 1. The number of anilines is 1. The molecule has 0 amide bonds. The molecule has 0 heterocycles. The van der Waals surface area contributed by atoms with Crippen molar-refractivity contribution >= 4 is 28.9 Å². The Kier molecular flexibility index (Phi) is 3.38. The third-order valence-electron chi connectivity index (χ3n) is 2.78. The molecule has 0 atom stereocenters. The monoisotopic (exact) mass is 270 g/mol. The van der Waals surface area contributed by atoms with Crippen molar-refractivity contribution in [3.63, 3.8) is 0 Å². The number of halogens is 1. The molecule has 0 bridgehead atoms. The van der Waals surface area contributed by atoms with Crippen molar-refractivity contribution in [2.75, 3.05) is 11.9 Å². The maximum absolute atomic E-state index is 11.1. The van der Waals surface area contributed by atoms with E-state index in [0.29, 0.717) is 12.5 Å². The minimum absolute atomic E-state index is 0.0576. The van der Waals surface area contributed by atoms with Gasteiger partial charge >= 0.3 is 5.97 Å². The first-order valence-corrected chi connectivity index (χ1v) is 5.82. The fraction of sp³-hybridized carbons (Fsp3) is 0.364. The van der Waals surface area contributed by atoms with Gasteiger partial charge in [-0.3, -0.25) is 10.1 Å². The SMILES string of the molecule is O=C(O)c1cc([N+](=O)[O-])cc(Cl)c1NCC1CC1. The minimum Gasteiger partial charge on any atom is -0.478 e. The number of hydrogen-bond donors (Lipinski definition) is 2. The third-order valence-corrected chi connectivity index (χ3v) is 3.08. The summed E-state index contributed by atoms with van der Waals surface area (Å²) >= 11 is 5.90. The maximum atomic E-state index is 11.1. The highest BCUT2D eigenvalue weighted by molar-refractivity contribution is 6.34. The predicted octanol–water partition coefficient (Wildman–Crippen LogP) is 2.77. The van der Waals surface area contributed by atoms with Crippen LogP contribution in [-0.4, -0.2) is 22.5 Å². The average Bonchev–Trinajstić information content (AvgIpc) is 3.09. The van der Waals surface area contributed by atoms with Gasteiger partial charge in [-0.15, -0.1) is 0 Å². The lowest BCUT2D eigenvalue weighted by Crippen LogP contribution is -2.10. The molecule has 0 radical (unpaired) electrons. The van der Waals surface area contributed by atoms with Crippen LogP contribution in [-0.2, 0) is 0 Å². The number of carboxylic acids is 1. The lowest BCUT2D eigenvalue weighted by atomic mass is 10.1. The Labute approximate surface area is 108 Å². The third kappa shape index (κ3) is 2.70. The number of carboxylic acid groups (broad SMARTS) is 1. The minimum atomic E-state index is -1.24. The van der Waals surface area contributed by atoms with Crippen LogP contribution in [0.25, 0.3) is 0 Å². The second-order valence-electron chi connectivity index (χ2n) is 4.24. The number of nitrogens with one attached hydrogen (secondary N) is 1. The Morgan fingerprint density at radius 3 is 2.72 bits per heavy atom. The van der Waals surface area contributed by atoms with Gasteiger partial charge in [-0.25, -0.2) is 4.79 Å². The number of aromatic carboxylic acids is 1. The van der Waals surface area contributed by atoms with Crippen LogP contribution in [0.15, 0.2) is 12.1 Å². The largest absolute Gasteiger partial charge is 0.478 e. The van der Waals surface area contributed by atoms with Crippen LogP contribution in [0.1, 0.15) is 23.2 Å². The number of rotatable bonds is 5. The molecule has 7 heteroatoms. The van der Waals surface area contributed by atoms with Crippen LogP contribution in [0.3, 0.4) is 0 Å². The van der Waals surface area contributed by atoms with Crippen LogP contribution < -0.4 is 5.32 Å². The number of hydrogen-bond acceptors (Lipinski definition) is 4. The van der Waals surface area contributed by atoms with Gasteiger partial charge in [0.1, 0.15) is 0 Å². The lowest BCUT2D eigenvalue weighted by Gasteiger charge is -2.11. The second-order valence-corrected chi connectivity index (χ2v) is 4.64. The number of benzene rings is 1. The zero-order valence-electron chi connectivity index (χ0n) is 9.35. The van der Waals surface area contributed by atoms with E-state index < -0.39 is 10.9 Å². The van der Waals surface area contributed by atoms with Crippen molar-refractivity contribution in [1.82, 2.24) is 0 Å². The average molecular weight is 271 g/mol. The summed E-state index contributed by atoms with van der Waals surface area (Å²) < 4.78 is 0. The van der Waals surface area contributed by atoms with E-state index in [-0.39, 0.29) is 22.0 Å². The van der Waals surface area contributed by atoms with Crippen molar-refractivity contribution < 1.29 is 14.8 Å². The zero-order chi connectivity index (χ0) is 13.3. The summed E-state index contributed by atoms with van der Waals surface area (Å²) in [6.45, 7) is 0.637. The fourth-order valence-electron chi connectivity index (χ4n) is 1.61. The molecule has 0 spiro atoms. The molecule has 6 nitrogen and oxygen atoms in total. The second kappa shape index (κ2) is 4.81. The lowest BCUT2D eigenvalue weighted by molar-refractivity contribution is -0.384. The number of non-ortho nitro benzene ring substituents is 1. The van der Waals surface area contributed by atoms with Gasteiger partial charge < -0.3 is 10.4 Å². The van der Waals surface area contributed by atoms with Crippen molar-refractivity contribution in [2.24, 2.45) is 5.92 Å². The highest BCUT2D eigenvalue weighted by atomic mass is 35.5. The van der Waals surface area contributed by atoms with Crippen molar-refractivity contribution in [2.45, 2.75) is 12.8 Å². The maximum Gasteiger partial charge on any atom is 0.338 e. The first-order chi connectivity index (χ1) is 8.49. The summed E-state index contributed by atoms with van der Waals surface area (Å²) in [7, 11) is 0. The number of nitro groups is 1. The summed E-state index contributed by atoms with van der Waals surface area (Å²) in [4.78, 5) is 21.1. The van der Waals surface area contributed by atoms with Gasteiger partial charge in [-0.1, -0.05) is 11.6 Å². The molecule has 1 aromatic rings. The molecule has 18 heavy (non-hydrogen) atoms. The van der Waals surface area contributed by atoms with E-state index in [2.05, 4.69) is 5.32 Å². The van der Waals surface area contributed by atoms with Gasteiger partial charge in [0.05, 0.1) is 21.2 Å². The summed E-state index contributed by atoms with van der Waals surface area (Å²) in [6, 6.07) is 2.17. The quantitative estimate of drug-likeness (QED) is 0.634. The summed E-state index contributed by atoms with van der Waals surface area (Å²) in [5, 5.41) is 22.7. The zero-order valence-corrected chi connectivity index (χ0v) is 10.1. The van der Waals surface area contributed by atoms with Crippen LogP contribution in [0.5, 0.6) is 0 Å². The molecule has 96 valence electrons. The normalized spacial score (nSPS) is 14.3. The molecule has 1 aliphatic rings. The number of nitrogens with zero attached hydrogens (tertiary/aromatic N) is 1. The molecule has 2 rings (SSSR count). The van der Waals surface area contributed by atoms with Gasteiger partial charge in [0.15, 0.2) is 0 Å².